The fraction of sp³-hybridized carbons (Fsp3) is 0.643. The van der Waals surface area contributed by atoms with E-state index in [1.807, 2.05) is 45.0 Å². The second kappa shape index (κ2) is 15.5. The van der Waals surface area contributed by atoms with Crippen LogP contribution < -0.4 is 10.1 Å². The Morgan fingerprint density at radius 3 is 2.50 bits per heavy atom. The molecule has 1 aliphatic rings. The Morgan fingerprint density at radius 1 is 1.21 bits per heavy atom. The van der Waals surface area contributed by atoms with Crippen molar-refractivity contribution in [1.82, 2.24) is 10.2 Å². The number of carbonyl (C=O) groups is 2. The van der Waals surface area contributed by atoms with E-state index in [4.69, 9.17) is 9.47 Å². The van der Waals surface area contributed by atoms with Crippen molar-refractivity contribution in [2.75, 3.05) is 31.8 Å². The number of rotatable bonds is 13. The number of carbonyl (C=O) groups excluding carboxylic acids is 2. The predicted octanol–water partition coefficient (Wildman–Crippen LogP) is 2.13. The van der Waals surface area contributed by atoms with Crippen LogP contribution in [0.4, 0.5) is 0 Å². The molecule has 1 saturated heterocycles. The molecule has 1 aromatic rings. The molecule has 0 radical (unpaired) electrons. The van der Waals surface area contributed by atoms with Gasteiger partial charge < -0.3 is 35.0 Å². The topological polar surface area (TPSA) is 129 Å². The van der Waals surface area contributed by atoms with Crippen molar-refractivity contribution in [3.05, 3.63) is 42.0 Å². The third-order valence-corrected chi connectivity index (χ3v) is 7.14. The van der Waals surface area contributed by atoms with Gasteiger partial charge in [-0.15, -0.1) is 0 Å². The zero-order chi connectivity index (χ0) is 28.3. The van der Waals surface area contributed by atoms with Gasteiger partial charge in [-0.05, 0) is 29.5 Å². The van der Waals surface area contributed by atoms with Crippen molar-refractivity contribution in [1.29, 1.82) is 0 Å². The van der Waals surface area contributed by atoms with Crippen molar-refractivity contribution in [3.63, 3.8) is 0 Å². The average molecular weight is 553 g/mol. The van der Waals surface area contributed by atoms with Gasteiger partial charge in [0, 0.05) is 31.7 Å². The van der Waals surface area contributed by atoms with Crippen LogP contribution >= 0.6 is 11.8 Å². The maximum Gasteiger partial charge on any atom is 0.252 e. The van der Waals surface area contributed by atoms with Gasteiger partial charge in [0.05, 0.1) is 6.61 Å². The molecule has 2 rings (SSSR count). The number of hydrogen-bond donors (Lipinski definition) is 4. The maximum absolute atomic E-state index is 13.3. The highest BCUT2D eigenvalue weighted by Gasteiger charge is 2.38. The van der Waals surface area contributed by atoms with E-state index in [0.717, 1.165) is 29.9 Å². The van der Waals surface area contributed by atoms with Crippen LogP contribution in [0.5, 0.6) is 5.75 Å². The third kappa shape index (κ3) is 10.2. The van der Waals surface area contributed by atoms with E-state index in [1.165, 1.54) is 13.2 Å². The maximum atomic E-state index is 13.3. The molecular weight excluding hydrogens is 508 g/mol. The summed E-state index contributed by atoms with van der Waals surface area (Å²) in [5.41, 5.74) is 0.709. The summed E-state index contributed by atoms with van der Waals surface area (Å²) in [7, 11) is 1.23. The van der Waals surface area contributed by atoms with Gasteiger partial charge in [0.2, 0.25) is 5.91 Å². The molecule has 0 saturated carbocycles. The molecule has 214 valence electrons. The summed E-state index contributed by atoms with van der Waals surface area (Å²) in [6.07, 6.45) is -1.10. The summed E-state index contributed by atoms with van der Waals surface area (Å²) in [6, 6.07) is 6.82. The lowest BCUT2D eigenvalue weighted by molar-refractivity contribution is -0.151. The second-order valence-corrected chi connectivity index (χ2v) is 11.7. The summed E-state index contributed by atoms with van der Waals surface area (Å²) in [5, 5.41) is 34.0. The Kier molecular flexibility index (Phi) is 13.1. The SMILES string of the molecule is CCCCOc1ccc(CN2CCSC[C@H](NC(=O)[C@H](OC)[C@H](O)[C@@H](O)[C@H](O)C=CC(C)(C)C)C2=O)cc1. The number of nitrogens with one attached hydrogen (secondary N) is 1. The lowest BCUT2D eigenvalue weighted by Crippen LogP contribution is -2.56. The molecule has 4 N–H and O–H groups in total. The van der Waals surface area contributed by atoms with E-state index in [-0.39, 0.29) is 11.3 Å². The van der Waals surface area contributed by atoms with Crippen LogP contribution in [0.2, 0.25) is 0 Å². The second-order valence-electron chi connectivity index (χ2n) is 10.6. The van der Waals surface area contributed by atoms with Gasteiger partial charge in [-0.3, -0.25) is 9.59 Å². The number of unbranched alkanes of at least 4 members (excludes halogenated alkanes) is 1. The number of nitrogens with zero attached hydrogens (tertiary/aromatic N) is 1. The fourth-order valence-electron chi connectivity index (χ4n) is 3.82. The molecule has 2 amide bonds. The van der Waals surface area contributed by atoms with Gasteiger partial charge in [0.1, 0.15) is 30.1 Å². The highest BCUT2D eigenvalue weighted by atomic mass is 32.2. The molecule has 1 fully saturated rings. The van der Waals surface area contributed by atoms with E-state index in [2.05, 4.69) is 12.2 Å². The Morgan fingerprint density at radius 2 is 1.89 bits per heavy atom. The number of hydrogen-bond acceptors (Lipinski definition) is 8. The minimum atomic E-state index is -1.71. The molecule has 5 atom stereocenters. The first-order valence-electron chi connectivity index (χ1n) is 13.1. The van der Waals surface area contributed by atoms with Crippen LogP contribution in [0.25, 0.3) is 0 Å². The van der Waals surface area contributed by atoms with Crippen molar-refractivity contribution in [3.8, 4) is 5.75 Å². The third-order valence-electron chi connectivity index (χ3n) is 6.10. The van der Waals surface area contributed by atoms with Gasteiger partial charge >= 0.3 is 0 Å². The van der Waals surface area contributed by atoms with E-state index < -0.39 is 36.4 Å². The largest absolute Gasteiger partial charge is 0.494 e. The molecule has 9 nitrogen and oxygen atoms in total. The lowest BCUT2D eigenvalue weighted by Gasteiger charge is -2.29. The first-order chi connectivity index (χ1) is 18.0. The minimum Gasteiger partial charge on any atom is -0.494 e. The summed E-state index contributed by atoms with van der Waals surface area (Å²) < 4.78 is 10.9. The number of amides is 2. The van der Waals surface area contributed by atoms with E-state index in [0.29, 0.717) is 25.4 Å². The zero-order valence-electron chi connectivity index (χ0n) is 23.1. The number of thioether (sulfide) groups is 1. The van der Waals surface area contributed by atoms with E-state index in [1.54, 1.807) is 22.7 Å². The number of ether oxygens (including phenoxy) is 2. The van der Waals surface area contributed by atoms with Crippen LogP contribution in [0.1, 0.15) is 46.1 Å². The van der Waals surface area contributed by atoms with Gasteiger partial charge in [-0.1, -0.05) is 58.4 Å². The zero-order valence-corrected chi connectivity index (χ0v) is 23.9. The van der Waals surface area contributed by atoms with Gasteiger partial charge in [-0.25, -0.2) is 0 Å². The Hall–Kier alpha value is -2.11. The number of allylic oxidation sites excluding steroid dienone is 1. The first kappa shape index (κ1) is 32.1. The van der Waals surface area contributed by atoms with E-state index >= 15 is 0 Å². The van der Waals surface area contributed by atoms with Gasteiger partial charge in [0.25, 0.3) is 5.91 Å². The Balaban J connectivity index is 2.02. The Bertz CT molecular complexity index is 903. The molecular formula is C28H44N2O7S. The predicted molar refractivity (Wildman–Crippen MR) is 149 cm³/mol. The fourth-order valence-corrected chi connectivity index (χ4v) is 4.80. The number of benzene rings is 1. The monoisotopic (exact) mass is 552 g/mol. The molecule has 10 heteroatoms. The normalized spacial score (nSPS) is 20.1. The van der Waals surface area contributed by atoms with Crippen LogP contribution in [0.3, 0.4) is 0 Å². The molecule has 0 unspecified atom stereocenters. The number of aliphatic hydroxyl groups excluding tert-OH is 3. The quantitative estimate of drug-likeness (QED) is 0.216. The molecule has 0 spiro atoms. The van der Waals surface area contributed by atoms with Crippen LogP contribution in [-0.2, 0) is 20.9 Å². The standard InChI is InChI=1S/C28H44N2O7S/c1-6-7-15-37-20-10-8-19(9-11-20)17-30-14-16-38-18-21(27(30)35)29-26(34)25(36-5)24(33)23(32)22(31)12-13-28(2,3)4/h8-13,21-25,31-33H,6-7,14-18H2,1-5H3,(H,29,34)/t21-,22+,23-,24+,25+/m0/s1. The highest BCUT2D eigenvalue weighted by molar-refractivity contribution is 7.99. The average Bonchev–Trinajstić information content (AvgIpc) is 3.04. The van der Waals surface area contributed by atoms with Crippen molar-refractivity contribution >= 4 is 23.6 Å². The molecule has 1 heterocycles. The van der Waals surface area contributed by atoms with Gasteiger partial charge in [-0.2, -0.15) is 11.8 Å². The van der Waals surface area contributed by atoms with Crippen LogP contribution in [0, 0.1) is 5.41 Å². The summed E-state index contributed by atoms with van der Waals surface area (Å²) in [5.74, 6) is 0.912. The molecule has 0 aromatic heterocycles. The van der Waals surface area contributed by atoms with Crippen molar-refractivity contribution < 1.29 is 34.4 Å². The van der Waals surface area contributed by atoms with Crippen molar-refractivity contribution in [2.24, 2.45) is 5.41 Å². The Labute approximate surface area is 230 Å². The van der Waals surface area contributed by atoms with E-state index in [9.17, 15) is 24.9 Å². The smallest absolute Gasteiger partial charge is 0.252 e. The van der Waals surface area contributed by atoms with Crippen LogP contribution in [-0.4, -0.2) is 94.3 Å². The number of methoxy groups -OCH3 is 1. The highest BCUT2D eigenvalue weighted by Crippen LogP contribution is 2.20. The molecule has 1 aliphatic heterocycles. The molecule has 1 aromatic carbocycles. The summed E-state index contributed by atoms with van der Waals surface area (Å²) >= 11 is 1.55. The summed E-state index contributed by atoms with van der Waals surface area (Å²) in [6.45, 7) is 9.47. The first-order valence-corrected chi connectivity index (χ1v) is 14.3. The number of aliphatic hydroxyl groups is 3. The lowest BCUT2D eigenvalue weighted by atomic mass is 9.94. The minimum absolute atomic E-state index is 0.232. The van der Waals surface area contributed by atoms with Gasteiger partial charge in [0.15, 0.2) is 6.10 Å². The molecule has 38 heavy (non-hydrogen) atoms. The van der Waals surface area contributed by atoms with Crippen molar-refractivity contribution in [2.45, 2.75) is 77.5 Å². The molecule has 0 aliphatic carbocycles. The van der Waals surface area contributed by atoms with Crippen LogP contribution in [0.15, 0.2) is 36.4 Å². The summed E-state index contributed by atoms with van der Waals surface area (Å²) in [4.78, 5) is 28.0. The molecule has 0 bridgehead atoms.